The third-order valence-corrected chi connectivity index (χ3v) is 6.29. The molecule has 1 saturated heterocycles. The molecule has 1 heterocycles. The highest BCUT2D eigenvalue weighted by Crippen LogP contribution is 2.40. The van der Waals surface area contributed by atoms with Gasteiger partial charge in [-0.2, -0.15) is 0 Å². The maximum Gasteiger partial charge on any atom is 0.190 e. The number of methoxy groups -OCH3 is 1. The summed E-state index contributed by atoms with van der Waals surface area (Å²) < 4.78 is 5.33. The minimum atomic E-state index is 0. The number of hydrogen-bond donors (Lipinski definition) is 2. The van der Waals surface area contributed by atoms with Crippen molar-refractivity contribution in [2.24, 2.45) is 16.3 Å². The number of piperidine rings is 1. The number of likely N-dealkylation sites (tertiary alicyclic amines) is 1. The molecule has 0 radical (unpaired) electrons. The molecule has 0 aromatic rings. The monoisotopic (exact) mass is 494 g/mol. The lowest BCUT2D eigenvalue weighted by Crippen LogP contribution is -2.43. The van der Waals surface area contributed by atoms with Crippen LogP contribution in [0, 0.1) is 11.3 Å². The van der Waals surface area contributed by atoms with Gasteiger partial charge in [-0.05, 0) is 69.4 Å². The van der Waals surface area contributed by atoms with Crippen LogP contribution in [0.15, 0.2) is 4.99 Å². The van der Waals surface area contributed by atoms with Gasteiger partial charge in [0, 0.05) is 40.4 Å². The van der Waals surface area contributed by atoms with Gasteiger partial charge in [0.05, 0.1) is 0 Å². The van der Waals surface area contributed by atoms with Gasteiger partial charge in [0.15, 0.2) is 5.96 Å². The zero-order valence-corrected chi connectivity index (χ0v) is 20.2. The molecule has 0 aromatic heterocycles. The molecule has 2 fully saturated rings. The SMILES string of the molecule is CN=C(NCCCCN1CCCC(C)C1)NCC1(CCOC)CCCC1.I. The number of hydrogen-bond acceptors (Lipinski definition) is 3. The molecule has 2 N–H and O–H groups in total. The fraction of sp³-hybridized carbons (Fsp3) is 0.952. The number of halogens is 1. The third kappa shape index (κ3) is 9.31. The standard InChI is InChI=1S/C21H42N4O.HI/c1-19-9-8-15-25(17-19)14-7-6-13-23-20(22-2)24-18-21(12-16-26-3)10-4-5-11-21;/h19H,4-18H2,1-3H3,(H2,22,23,24);1H. The smallest absolute Gasteiger partial charge is 0.190 e. The van der Waals surface area contributed by atoms with Gasteiger partial charge in [-0.15, -0.1) is 24.0 Å². The summed E-state index contributed by atoms with van der Waals surface area (Å²) in [4.78, 5) is 7.05. The Labute approximate surface area is 184 Å². The lowest BCUT2D eigenvalue weighted by Gasteiger charge is -2.31. The van der Waals surface area contributed by atoms with E-state index in [2.05, 4.69) is 27.4 Å². The number of rotatable bonds is 10. The van der Waals surface area contributed by atoms with E-state index in [4.69, 9.17) is 4.74 Å². The Balaban J connectivity index is 0.00000364. The lowest BCUT2D eigenvalue weighted by atomic mass is 9.83. The van der Waals surface area contributed by atoms with E-state index in [-0.39, 0.29) is 24.0 Å². The van der Waals surface area contributed by atoms with Crippen molar-refractivity contribution in [1.29, 1.82) is 0 Å². The van der Waals surface area contributed by atoms with Crippen LogP contribution in [0.1, 0.15) is 64.7 Å². The molecule has 1 aliphatic heterocycles. The number of aliphatic imine (C=N–C) groups is 1. The minimum absolute atomic E-state index is 0. The van der Waals surface area contributed by atoms with Crippen LogP contribution in [-0.2, 0) is 4.74 Å². The number of unbranched alkanes of at least 4 members (excludes halogenated alkanes) is 1. The number of guanidine groups is 1. The van der Waals surface area contributed by atoms with Crippen molar-refractivity contribution in [3.05, 3.63) is 0 Å². The highest BCUT2D eigenvalue weighted by Gasteiger charge is 2.33. The molecule has 0 aromatic carbocycles. The fourth-order valence-corrected chi connectivity index (χ4v) is 4.61. The minimum Gasteiger partial charge on any atom is -0.385 e. The normalized spacial score (nSPS) is 23.1. The van der Waals surface area contributed by atoms with Crippen molar-refractivity contribution in [2.45, 2.75) is 64.7 Å². The second-order valence-electron chi connectivity index (χ2n) is 8.56. The van der Waals surface area contributed by atoms with E-state index in [1.807, 2.05) is 7.05 Å². The Morgan fingerprint density at radius 3 is 2.63 bits per heavy atom. The highest BCUT2D eigenvalue weighted by molar-refractivity contribution is 14.0. The molecule has 0 bridgehead atoms. The van der Waals surface area contributed by atoms with E-state index in [9.17, 15) is 0 Å². The van der Waals surface area contributed by atoms with Crippen LogP contribution in [0.2, 0.25) is 0 Å². The largest absolute Gasteiger partial charge is 0.385 e. The van der Waals surface area contributed by atoms with Crippen LogP contribution in [0.4, 0.5) is 0 Å². The van der Waals surface area contributed by atoms with Crippen molar-refractivity contribution in [1.82, 2.24) is 15.5 Å². The molecule has 160 valence electrons. The Morgan fingerprint density at radius 2 is 1.96 bits per heavy atom. The second-order valence-corrected chi connectivity index (χ2v) is 8.56. The van der Waals surface area contributed by atoms with Crippen LogP contribution in [0.3, 0.4) is 0 Å². The summed E-state index contributed by atoms with van der Waals surface area (Å²) >= 11 is 0. The van der Waals surface area contributed by atoms with Gasteiger partial charge in [-0.3, -0.25) is 4.99 Å². The van der Waals surface area contributed by atoms with Crippen LogP contribution in [0.25, 0.3) is 0 Å². The van der Waals surface area contributed by atoms with Gasteiger partial charge in [-0.1, -0.05) is 19.8 Å². The molecule has 1 unspecified atom stereocenters. The Bertz CT molecular complexity index is 413. The predicted molar refractivity (Wildman–Crippen MR) is 126 cm³/mol. The molecular weight excluding hydrogens is 451 g/mol. The average molecular weight is 495 g/mol. The van der Waals surface area contributed by atoms with Crippen molar-refractivity contribution in [2.75, 3.05) is 53.5 Å². The molecule has 1 saturated carbocycles. The zero-order valence-electron chi connectivity index (χ0n) is 17.9. The molecule has 0 amide bonds. The summed E-state index contributed by atoms with van der Waals surface area (Å²) in [6, 6.07) is 0. The van der Waals surface area contributed by atoms with Crippen molar-refractivity contribution in [3.8, 4) is 0 Å². The number of nitrogens with zero attached hydrogens (tertiary/aromatic N) is 2. The second kappa shape index (κ2) is 14.0. The predicted octanol–water partition coefficient (Wildman–Crippen LogP) is 3.88. The van der Waals surface area contributed by atoms with Crippen LogP contribution < -0.4 is 10.6 Å². The van der Waals surface area contributed by atoms with E-state index in [1.54, 1.807) is 7.11 Å². The quantitative estimate of drug-likeness (QED) is 0.210. The first-order valence-corrected chi connectivity index (χ1v) is 10.8. The average Bonchev–Trinajstić information content (AvgIpc) is 3.11. The molecular formula is C21H43IN4O. The van der Waals surface area contributed by atoms with E-state index in [0.717, 1.165) is 38.0 Å². The molecule has 2 rings (SSSR count). The summed E-state index contributed by atoms with van der Waals surface area (Å²) in [5.41, 5.74) is 0.401. The van der Waals surface area contributed by atoms with Gasteiger partial charge in [0.2, 0.25) is 0 Å². The topological polar surface area (TPSA) is 48.9 Å². The van der Waals surface area contributed by atoms with Crippen molar-refractivity contribution in [3.63, 3.8) is 0 Å². The lowest BCUT2D eigenvalue weighted by molar-refractivity contribution is 0.138. The summed E-state index contributed by atoms with van der Waals surface area (Å²) in [7, 11) is 3.68. The summed E-state index contributed by atoms with van der Waals surface area (Å²) in [5.74, 6) is 1.84. The summed E-state index contributed by atoms with van der Waals surface area (Å²) in [5, 5.41) is 7.08. The Morgan fingerprint density at radius 1 is 1.19 bits per heavy atom. The van der Waals surface area contributed by atoms with Crippen molar-refractivity contribution >= 4 is 29.9 Å². The number of nitrogens with one attached hydrogen (secondary N) is 2. The molecule has 0 spiro atoms. The van der Waals surface area contributed by atoms with Crippen LogP contribution >= 0.6 is 24.0 Å². The highest BCUT2D eigenvalue weighted by atomic mass is 127. The maximum atomic E-state index is 5.33. The van der Waals surface area contributed by atoms with Crippen LogP contribution in [-0.4, -0.2) is 64.3 Å². The molecule has 1 atom stereocenters. The first kappa shape index (κ1) is 25.0. The maximum absolute atomic E-state index is 5.33. The summed E-state index contributed by atoms with van der Waals surface area (Å²) in [6.07, 6.45) is 11.8. The third-order valence-electron chi connectivity index (χ3n) is 6.29. The van der Waals surface area contributed by atoms with Crippen molar-refractivity contribution < 1.29 is 4.74 Å². The van der Waals surface area contributed by atoms with Crippen LogP contribution in [0.5, 0.6) is 0 Å². The number of ether oxygens (including phenoxy) is 1. The molecule has 2 aliphatic rings. The van der Waals surface area contributed by atoms with E-state index in [1.165, 1.54) is 71.0 Å². The van der Waals surface area contributed by atoms with Gasteiger partial charge >= 0.3 is 0 Å². The molecule has 6 heteroatoms. The summed E-state index contributed by atoms with van der Waals surface area (Å²) in [6.45, 7) is 9.11. The molecule has 1 aliphatic carbocycles. The van der Waals surface area contributed by atoms with E-state index < -0.39 is 0 Å². The van der Waals surface area contributed by atoms with Gasteiger partial charge in [0.25, 0.3) is 0 Å². The zero-order chi connectivity index (χ0) is 18.7. The molecule has 27 heavy (non-hydrogen) atoms. The first-order valence-electron chi connectivity index (χ1n) is 10.8. The molecule has 5 nitrogen and oxygen atoms in total. The van der Waals surface area contributed by atoms with E-state index in [0.29, 0.717) is 5.41 Å². The van der Waals surface area contributed by atoms with Gasteiger partial charge < -0.3 is 20.3 Å². The first-order chi connectivity index (χ1) is 12.7. The van der Waals surface area contributed by atoms with E-state index >= 15 is 0 Å². The Kier molecular flexibility index (Phi) is 12.9. The Hall–Kier alpha value is -0.0800. The fourth-order valence-electron chi connectivity index (χ4n) is 4.61. The van der Waals surface area contributed by atoms with Gasteiger partial charge in [-0.25, -0.2) is 0 Å². The van der Waals surface area contributed by atoms with Gasteiger partial charge in [0.1, 0.15) is 0 Å².